The van der Waals surface area contributed by atoms with Crippen molar-refractivity contribution >= 4 is 28.5 Å². The van der Waals surface area contributed by atoms with E-state index in [0.29, 0.717) is 10.9 Å². The van der Waals surface area contributed by atoms with E-state index in [4.69, 9.17) is 5.73 Å². The number of anilines is 2. The highest BCUT2D eigenvalue weighted by Gasteiger charge is 2.10. The molecule has 3 rings (SSSR count). The van der Waals surface area contributed by atoms with Crippen LogP contribution >= 0.6 is 11.3 Å². The van der Waals surface area contributed by atoms with Crippen molar-refractivity contribution in [3.8, 4) is 0 Å². The molecule has 0 amide bonds. The first-order chi connectivity index (χ1) is 11.3. The Balaban J connectivity index is 1.64. The number of nitrogens with two attached hydrogens (primary N) is 1. The summed E-state index contributed by atoms with van der Waals surface area (Å²) in [6, 6.07) is 8.44. The molecule has 6 heteroatoms. The van der Waals surface area contributed by atoms with Crippen molar-refractivity contribution in [3.05, 3.63) is 40.8 Å². The second-order valence-corrected chi connectivity index (χ2v) is 6.69. The predicted molar refractivity (Wildman–Crippen MR) is 97.9 cm³/mol. The minimum Gasteiger partial charge on any atom is -0.383 e. The minimum absolute atomic E-state index is 0.522. The maximum atomic E-state index is 5.60. The lowest BCUT2D eigenvalue weighted by molar-refractivity contribution is 0.277. The Morgan fingerprint density at radius 3 is 2.74 bits per heavy atom. The Morgan fingerprint density at radius 2 is 2.00 bits per heavy atom. The lowest BCUT2D eigenvalue weighted by Gasteiger charge is -2.20. The summed E-state index contributed by atoms with van der Waals surface area (Å²) in [7, 11) is 0. The molecule has 1 aromatic heterocycles. The number of benzene rings is 1. The summed E-state index contributed by atoms with van der Waals surface area (Å²) in [6.45, 7) is 3.39. The third kappa shape index (κ3) is 4.77. The van der Waals surface area contributed by atoms with Gasteiger partial charge in [0.25, 0.3) is 0 Å². The van der Waals surface area contributed by atoms with Crippen molar-refractivity contribution in [2.24, 2.45) is 5.10 Å². The van der Waals surface area contributed by atoms with Gasteiger partial charge in [-0.15, -0.1) is 11.3 Å². The SMILES string of the molecule is Nc1csc(NN=Cc2ccccc2CN2CCCCCC2)n1. The molecule has 0 atom stereocenters. The summed E-state index contributed by atoms with van der Waals surface area (Å²) in [6.07, 6.45) is 7.21. The standard InChI is InChI=1S/C17H23N5S/c18-16-13-23-17(20-16)21-19-11-14-7-3-4-8-15(14)12-22-9-5-1-2-6-10-22/h3-4,7-8,11,13H,1-2,5-6,9-10,12,18H2,(H,20,21). The van der Waals surface area contributed by atoms with Crippen molar-refractivity contribution in [2.75, 3.05) is 24.2 Å². The maximum Gasteiger partial charge on any atom is 0.205 e. The second-order valence-electron chi connectivity index (χ2n) is 5.84. The average Bonchev–Trinajstić information content (AvgIpc) is 2.81. The van der Waals surface area contributed by atoms with E-state index in [1.54, 1.807) is 5.38 Å². The molecule has 1 fully saturated rings. The molecule has 0 spiro atoms. The summed E-state index contributed by atoms with van der Waals surface area (Å²) < 4.78 is 0. The minimum atomic E-state index is 0.522. The number of nitrogens with one attached hydrogen (secondary N) is 1. The molecule has 2 heterocycles. The number of hydrogen-bond acceptors (Lipinski definition) is 6. The summed E-state index contributed by atoms with van der Waals surface area (Å²) in [5.74, 6) is 0.522. The van der Waals surface area contributed by atoms with Crippen LogP contribution in [0.1, 0.15) is 36.8 Å². The smallest absolute Gasteiger partial charge is 0.205 e. The molecule has 5 nitrogen and oxygen atoms in total. The van der Waals surface area contributed by atoms with E-state index in [1.165, 1.54) is 55.7 Å². The van der Waals surface area contributed by atoms with Gasteiger partial charge in [-0.1, -0.05) is 37.1 Å². The molecule has 3 N–H and O–H groups in total. The molecule has 0 radical (unpaired) electrons. The number of rotatable bonds is 5. The number of hydrogen-bond donors (Lipinski definition) is 2. The van der Waals surface area contributed by atoms with Crippen molar-refractivity contribution < 1.29 is 0 Å². The van der Waals surface area contributed by atoms with Gasteiger partial charge >= 0.3 is 0 Å². The van der Waals surface area contributed by atoms with E-state index >= 15 is 0 Å². The Hall–Kier alpha value is -1.92. The molecule has 122 valence electrons. The lowest BCUT2D eigenvalue weighted by Crippen LogP contribution is -2.24. The largest absolute Gasteiger partial charge is 0.383 e. The highest BCUT2D eigenvalue weighted by molar-refractivity contribution is 7.14. The van der Waals surface area contributed by atoms with E-state index in [2.05, 4.69) is 44.7 Å². The molecule has 1 aliphatic rings. The quantitative estimate of drug-likeness (QED) is 0.650. The van der Waals surface area contributed by atoms with Crippen LogP contribution < -0.4 is 11.2 Å². The fourth-order valence-corrected chi connectivity index (χ4v) is 3.38. The van der Waals surface area contributed by atoms with Gasteiger partial charge in [-0.05, 0) is 37.1 Å². The van der Waals surface area contributed by atoms with Crippen LogP contribution in [0.4, 0.5) is 10.9 Å². The van der Waals surface area contributed by atoms with E-state index in [9.17, 15) is 0 Å². The Labute approximate surface area is 141 Å². The molecule has 23 heavy (non-hydrogen) atoms. The first-order valence-electron chi connectivity index (χ1n) is 8.11. The first-order valence-corrected chi connectivity index (χ1v) is 8.99. The molecule has 1 saturated heterocycles. The van der Waals surface area contributed by atoms with Gasteiger partial charge in [-0.3, -0.25) is 10.3 Å². The van der Waals surface area contributed by atoms with Crippen molar-refractivity contribution in [1.82, 2.24) is 9.88 Å². The van der Waals surface area contributed by atoms with Gasteiger partial charge in [-0.2, -0.15) is 5.10 Å². The number of thiazole rings is 1. The van der Waals surface area contributed by atoms with E-state index < -0.39 is 0 Å². The predicted octanol–water partition coefficient (Wildman–Crippen LogP) is 3.55. The van der Waals surface area contributed by atoms with Gasteiger partial charge in [0, 0.05) is 11.9 Å². The highest BCUT2D eigenvalue weighted by Crippen LogP contribution is 2.17. The Bertz CT molecular complexity index is 644. The third-order valence-corrected chi connectivity index (χ3v) is 4.80. The van der Waals surface area contributed by atoms with Gasteiger partial charge in [-0.25, -0.2) is 4.98 Å². The highest BCUT2D eigenvalue weighted by atomic mass is 32.1. The van der Waals surface area contributed by atoms with Crippen LogP contribution in [0.15, 0.2) is 34.7 Å². The molecule has 0 unspecified atom stereocenters. The molecular formula is C17H23N5S. The average molecular weight is 329 g/mol. The van der Waals surface area contributed by atoms with Gasteiger partial charge < -0.3 is 5.73 Å². The molecule has 2 aromatic rings. The maximum absolute atomic E-state index is 5.60. The van der Waals surface area contributed by atoms with Gasteiger partial charge in [0.2, 0.25) is 5.13 Å². The van der Waals surface area contributed by atoms with Crippen LogP contribution in [-0.2, 0) is 6.54 Å². The topological polar surface area (TPSA) is 66.5 Å². The number of aromatic nitrogens is 1. The number of likely N-dealkylation sites (tertiary alicyclic amines) is 1. The molecule has 0 aliphatic carbocycles. The zero-order chi connectivity index (χ0) is 15.9. The van der Waals surface area contributed by atoms with Crippen LogP contribution in [0, 0.1) is 0 Å². The third-order valence-electron chi connectivity index (χ3n) is 4.03. The van der Waals surface area contributed by atoms with Crippen LogP contribution in [-0.4, -0.2) is 29.2 Å². The molecule has 1 aromatic carbocycles. The fraction of sp³-hybridized carbons (Fsp3) is 0.412. The second kappa shape index (κ2) is 8.08. The zero-order valence-corrected chi connectivity index (χ0v) is 14.1. The fourth-order valence-electron chi connectivity index (χ4n) is 2.83. The first kappa shape index (κ1) is 16.0. The van der Waals surface area contributed by atoms with Crippen LogP contribution in [0.5, 0.6) is 0 Å². The summed E-state index contributed by atoms with van der Waals surface area (Å²) in [4.78, 5) is 6.68. The lowest BCUT2D eigenvalue weighted by atomic mass is 10.1. The summed E-state index contributed by atoms with van der Waals surface area (Å²) in [5.41, 5.74) is 11.0. The molecule has 0 bridgehead atoms. The van der Waals surface area contributed by atoms with E-state index in [1.807, 2.05) is 6.21 Å². The number of nitrogen functional groups attached to an aromatic ring is 1. The van der Waals surface area contributed by atoms with Gasteiger partial charge in [0.15, 0.2) is 0 Å². The van der Waals surface area contributed by atoms with Crippen LogP contribution in [0.25, 0.3) is 0 Å². The zero-order valence-electron chi connectivity index (χ0n) is 13.2. The molecular weight excluding hydrogens is 306 g/mol. The van der Waals surface area contributed by atoms with Gasteiger partial charge in [0.1, 0.15) is 5.82 Å². The van der Waals surface area contributed by atoms with E-state index in [-0.39, 0.29) is 0 Å². The number of hydrazone groups is 1. The van der Waals surface area contributed by atoms with Crippen molar-refractivity contribution in [3.63, 3.8) is 0 Å². The summed E-state index contributed by atoms with van der Waals surface area (Å²) in [5, 5.41) is 6.80. The Kier molecular flexibility index (Phi) is 5.60. The monoisotopic (exact) mass is 329 g/mol. The van der Waals surface area contributed by atoms with Crippen molar-refractivity contribution in [1.29, 1.82) is 0 Å². The normalized spacial score (nSPS) is 16.5. The van der Waals surface area contributed by atoms with Crippen molar-refractivity contribution in [2.45, 2.75) is 32.2 Å². The van der Waals surface area contributed by atoms with Crippen LogP contribution in [0.2, 0.25) is 0 Å². The van der Waals surface area contributed by atoms with Gasteiger partial charge in [0.05, 0.1) is 6.21 Å². The Morgan fingerprint density at radius 1 is 1.22 bits per heavy atom. The molecule has 0 saturated carbocycles. The summed E-state index contributed by atoms with van der Waals surface area (Å²) >= 11 is 1.45. The molecule has 1 aliphatic heterocycles. The van der Waals surface area contributed by atoms with Crippen LogP contribution in [0.3, 0.4) is 0 Å². The number of nitrogens with zero attached hydrogens (tertiary/aromatic N) is 3. The van der Waals surface area contributed by atoms with E-state index in [0.717, 1.165) is 12.1 Å².